The van der Waals surface area contributed by atoms with Crippen LogP contribution in [0.1, 0.15) is 57.2 Å². The molecule has 1 aromatic rings. The minimum atomic E-state index is -0.000647. The Bertz CT molecular complexity index is 367. The van der Waals surface area contributed by atoms with Gasteiger partial charge in [-0.15, -0.1) is 0 Å². The molecule has 1 rings (SSSR count). The monoisotopic (exact) mass is 248 g/mol. The molecule has 0 heterocycles. The Kier molecular flexibility index (Phi) is 4.94. The number of nitrogens with zero attached hydrogens (tertiary/aromatic N) is 1. The van der Waals surface area contributed by atoms with Crippen LogP contribution in [0.4, 0.5) is 0 Å². The van der Waals surface area contributed by atoms with Crippen molar-refractivity contribution in [3.8, 4) is 0 Å². The van der Waals surface area contributed by atoms with E-state index in [4.69, 9.17) is 5.73 Å². The van der Waals surface area contributed by atoms with Gasteiger partial charge in [0.2, 0.25) is 0 Å². The van der Waals surface area contributed by atoms with Crippen LogP contribution in [0, 0.1) is 0 Å². The van der Waals surface area contributed by atoms with Crippen LogP contribution in [0.25, 0.3) is 0 Å². The van der Waals surface area contributed by atoms with Gasteiger partial charge >= 0.3 is 0 Å². The number of benzene rings is 1. The average molecular weight is 248 g/mol. The van der Waals surface area contributed by atoms with E-state index in [2.05, 4.69) is 71.0 Å². The summed E-state index contributed by atoms with van der Waals surface area (Å²) in [5, 5.41) is 0. The summed E-state index contributed by atoms with van der Waals surface area (Å²) in [5.74, 6) is 0.571. The molecule has 0 aliphatic carbocycles. The van der Waals surface area contributed by atoms with Crippen LogP contribution in [-0.2, 0) is 0 Å². The van der Waals surface area contributed by atoms with Gasteiger partial charge in [-0.2, -0.15) is 0 Å². The van der Waals surface area contributed by atoms with Crippen LogP contribution < -0.4 is 5.73 Å². The van der Waals surface area contributed by atoms with E-state index in [1.54, 1.807) is 0 Å². The molecule has 0 bridgehead atoms. The Morgan fingerprint density at radius 2 is 1.56 bits per heavy atom. The SMILES string of the molecule is CCC(C)(C(N)c1ccc(C(C)C)cc1)N(C)C. The third-order valence-electron chi connectivity index (χ3n) is 4.37. The van der Waals surface area contributed by atoms with E-state index in [1.807, 2.05) is 0 Å². The van der Waals surface area contributed by atoms with Crippen LogP contribution in [0.15, 0.2) is 24.3 Å². The van der Waals surface area contributed by atoms with Gasteiger partial charge in [0.25, 0.3) is 0 Å². The van der Waals surface area contributed by atoms with E-state index in [-0.39, 0.29) is 11.6 Å². The lowest BCUT2D eigenvalue weighted by Gasteiger charge is -2.41. The van der Waals surface area contributed by atoms with Gasteiger partial charge in [0.05, 0.1) is 0 Å². The van der Waals surface area contributed by atoms with E-state index < -0.39 is 0 Å². The zero-order valence-corrected chi connectivity index (χ0v) is 12.7. The molecule has 2 unspecified atom stereocenters. The molecule has 2 N–H and O–H groups in total. The molecule has 1 aromatic carbocycles. The lowest BCUT2D eigenvalue weighted by atomic mass is 9.83. The van der Waals surface area contributed by atoms with Gasteiger partial charge in [0, 0.05) is 11.6 Å². The van der Waals surface area contributed by atoms with E-state index >= 15 is 0 Å². The molecule has 102 valence electrons. The highest BCUT2D eigenvalue weighted by molar-refractivity contribution is 5.28. The molecule has 18 heavy (non-hydrogen) atoms. The highest BCUT2D eigenvalue weighted by Gasteiger charge is 2.33. The first kappa shape index (κ1) is 15.2. The molecule has 0 spiro atoms. The second kappa shape index (κ2) is 5.85. The number of hydrogen-bond donors (Lipinski definition) is 1. The molecular formula is C16H28N2. The maximum absolute atomic E-state index is 6.47. The average Bonchev–Trinajstić information content (AvgIpc) is 2.36. The normalized spacial score (nSPS) is 16.9. The van der Waals surface area contributed by atoms with E-state index in [0.717, 1.165) is 6.42 Å². The van der Waals surface area contributed by atoms with Gasteiger partial charge in [-0.3, -0.25) is 0 Å². The van der Waals surface area contributed by atoms with Crippen molar-refractivity contribution in [2.24, 2.45) is 5.73 Å². The van der Waals surface area contributed by atoms with Gasteiger partial charge < -0.3 is 10.6 Å². The summed E-state index contributed by atoms with van der Waals surface area (Å²) in [6.07, 6.45) is 1.03. The lowest BCUT2D eigenvalue weighted by Crippen LogP contribution is -2.49. The maximum Gasteiger partial charge on any atom is 0.0479 e. The fourth-order valence-electron chi connectivity index (χ4n) is 2.26. The molecule has 0 aliphatic rings. The molecule has 2 heteroatoms. The number of hydrogen-bond acceptors (Lipinski definition) is 2. The standard InChI is InChI=1S/C16H28N2/c1-7-16(4,18(5)6)15(17)14-10-8-13(9-11-14)12(2)3/h8-12,15H,7,17H2,1-6H3. The molecule has 0 saturated heterocycles. The molecule has 0 saturated carbocycles. The quantitative estimate of drug-likeness (QED) is 0.863. The summed E-state index contributed by atoms with van der Waals surface area (Å²) < 4.78 is 0. The predicted octanol–water partition coefficient (Wildman–Crippen LogP) is 3.54. The fraction of sp³-hybridized carbons (Fsp3) is 0.625. The van der Waals surface area contributed by atoms with E-state index in [9.17, 15) is 0 Å². The van der Waals surface area contributed by atoms with Crippen molar-refractivity contribution in [1.29, 1.82) is 0 Å². The first-order valence-corrected chi connectivity index (χ1v) is 6.85. The van der Waals surface area contributed by atoms with Gasteiger partial charge in [0.15, 0.2) is 0 Å². The zero-order valence-electron chi connectivity index (χ0n) is 12.7. The third kappa shape index (κ3) is 2.93. The summed E-state index contributed by atoms with van der Waals surface area (Å²) in [7, 11) is 4.21. The van der Waals surface area contributed by atoms with Crippen LogP contribution in [-0.4, -0.2) is 24.5 Å². The molecule has 0 radical (unpaired) electrons. The number of likely N-dealkylation sites (N-methyl/N-ethyl adjacent to an activating group) is 1. The van der Waals surface area contributed by atoms with E-state index in [0.29, 0.717) is 5.92 Å². The summed E-state index contributed by atoms with van der Waals surface area (Å²) >= 11 is 0. The first-order valence-electron chi connectivity index (χ1n) is 6.85. The Morgan fingerprint density at radius 3 is 1.89 bits per heavy atom. The molecular weight excluding hydrogens is 220 g/mol. The van der Waals surface area contributed by atoms with Gasteiger partial charge in [-0.25, -0.2) is 0 Å². The van der Waals surface area contributed by atoms with Crippen LogP contribution in [0.2, 0.25) is 0 Å². The highest BCUT2D eigenvalue weighted by atomic mass is 15.2. The highest BCUT2D eigenvalue weighted by Crippen LogP contribution is 2.31. The molecule has 2 nitrogen and oxygen atoms in total. The van der Waals surface area contributed by atoms with Gasteiger partial charge in [0.1, 0.15) is 0 Å². The second-order valence-electron chi connectivity index (χ2n) is 5.90. The molecule has 0 fully saturated rings. The summed E-state index contributed by atoms with van der Waals surface area (Å²) in [6.45, 7) is 8.85. The summed E-state index contributed by atoms with van der Waals surface area (Å²) in [5.41, 5.74) is 9.06. The Morgan fingerprint density at radius 1 is 1.11 bits per heavy atom. The molecule has 0 aliphatic heterocycles. The Labute approximate surface area is 112 Å². The Balaban J connectivity index is 2.99. The van der Waals surface area contributed by atoms with Crippen molar-refractivity contribution in [2.75, 3.05) is 14.1 Å². The van der Waals surface area contributed by atoms with Crippen molar-refractivity contribution in [2.45, 2.75) is 51.6 Å². The van der Waals surface area contributed by atoms with Gasteiger partial charge in [-0.05, 0) is 44.5 Å². The van der Waals surface area contributed by atoms with Crippen molar-refractivity contribution in [1.82, 2.24) is 4.90 Å². The zero-order chi connectivity index (χ0) is 13.9. The van der Waals surface area contributed by atoms with Gasteiger partial charge in [-0.1, -0.05) is 45.0 Å². The molecule has 2 atom stereocenters. The minimum Gasteiger partial charge on any atom is -0.322 e. The van der Waals surface area contributed by atoms with Crippen molar-refractivity contribution in [3.05, 3.63) is 35.4 Å². The predicted molar refractivity (Wildman–Crippen MR) is 79.8 cm³/mol. The van der Waals surface area contributed by atoms with Crippen LogP contribution in [0.5, 0.6) is 0 Å². The van der Waals surface area contributed by atoms with Crippen molar-refractivity contribution >= 4 is 0 Å². The fourth-order valence-corrected chi connectivity index (χ4v) is 2.26. The third-order valence-corrected chi connectivity index (χ3v) is 4.37. The number of rotatable bonds is 5. The second-order valence-corrected chi connectivity index (χ2v) is 5.90. The number of nitrogens with two attached hydrogens (primary N) is 1. The largest absolute Gasteiger partial charge is 0.322 e. The van der Waals surface area contributed by atoms with Crippen LogP contribution >= 0.6 is 0 Å². The smallest absolute Gasteiger partial charge is 0.0479 e. The lowest BCUT2D eigenvalue weighted by molar-refractivity contribution is 0.132. The molecule has 0 amide bonds. The first-order chi connectivity index (χ1) is 8.32. The van der Waals surface area contributed by atoms with Crippen LogP contribution in [0.3, 0.4) is 0 Å². The van der Waals surface area contributed by atoms with Crippen molar-refractivity contribution in [3.63, 3.8) is 0 Å². The topological polar surface area (TPSA) is 29.3 Å². The van der Waals surface area contributed by atoms with Crippen molar-refractivity contribution < 1.29 is 0 Å². The minimum absolute atomic E-state index is 0.000647. The Hall–Kier alpha value is -0.860. The summed E-state index contributed by atoms with van der Waals surface area (Å²) in [6, 6.07) is 8.80. The molecule has 0 aromatic heterocycles. The maximum atomic E-state index is 6.47. The summed E-state index contributed by atoms with van der Waals surface area (Å²) in [4.78, 5) is 2.23. The van der Waals surface area contributed by atoms with E-state index in [1.165, 1.54) is 11.1 Å².